The summed E-state index contributed by atoms with van der Waals surface area (Å²) in [6.45, 7) is 3.24. The van der Waals surface area contributed by atoms with Crippen molar-refractivity contribution in [3.8, 4) is 17.3 Å². The Morgan fingerprint density at radius 2 is 2.07 bits per heavy atom. The van der Waals surface area contributed by atoms with Crippen molar-refractivity contribution in [2.75, 3.05) is 0 Å². The lowest BCUT2D eigenvalue weighted by Crippen LogP contribution is -2.21. The number of hydrogen-bond donors (Lipinski definition) is 0. The number of hydrogen-bond acceptors (Lipinski definition) is 6. The van der Waals surface area contributed by atoms with Gasteiger partial charge in [-0.2, -0.15) is 0 Å². The highest BCUT2D eigenvalue weighted by Crippen LogP contribution is 2.44. The zero-order chi connectivity index (χ0) is 21.0. The number of benzene rings is 1. The van der Waals surface area contributed by atoms with E-state index in [1.807, 2.05) is 6.07 Å². The van der Waals surface area contributed by atoms with E-state index in [2.05, 4.69) is 10.1 Å². The van der Waals surface area contributed by atoms with Crippen molar-refractivity contribution in [3.05, 3.63) is 75.6 Å². The van der Waals surface area contributed by atoms with E-state index >= 15 is 0 Å². The lowest BCUT2D eigenvalue weighted by Gasteiger charge is -2.26. The third-order valence-electron chi connectivity index (χ3n) is 4.97. The van der Waals surface area contributed by atoms with Gasteiger partial charge in [0.15, 0.2) is 17.3 Å². The van der Waals surface area contributed by atoms with Gasteiger partial charge in [-0.05, 0) is 44.2 Å². The topological polar surface area (TPSA) is 82.5 Å². The fourth-order valence-corrected chi connectivity index (χ4v) is 4.21. The van der Waals surface area contributed by atoms with Crippen molar-refractivity contribution in [1.82, 2.24) is 19.6 Å². The smallest absolute Gasteiger partial charge is 0.228 e. The molecule has 0 saturated heterocycles. The van der Waals surface area contributed by atoms with Crippen LogP contribution in [0.1, 0.15) is 31.1 Å². The second-order valence-corrected chi connectivity index (χ2v) is 7.71. The molecule has 4 aromatic rings. The predicted octanol–water partition coefficient (Wildman–Crippen LogP) is 5.08. The van der Waals surface area contributed by atoms with E-state index in [-0.39, 0.29) is 5.78 Å². The molecular weight excluding hydrogens is 427 g/mol. The van der Waals surface area contributed by atoms with E-state index < -0.39 is 5.92 Å². The molecule has 30 heavy (non-hydrogen) atoms. The molecule has 5 rings (SSSR count). The van der Waals surface area contributed by atoms with Gasteiger partial charge < -0.3 is 9.15 Å². The second-order valence-electron chi connectivity index (χ2n) is 6.87. The molecule has 1 aromatic carbocycles. The number of halogens is 2. The molecule has 1 aliphatic rings. The molecule has 0 unspecified atom stereocenters. The third-order valence-corrected chi connectivity index (χ3v) is 5.52. The molecule has 9 heteroatoms. The predicted molar refractivity (Wildman–Crippen MR) is 111 cm³/mol. The van der Waals surface area contributed by atoms with Gasteiger partial charge in [-0.1, -0.05) is 23.2 Å². The van der Waals surface area contributed by atoms with Crippen LogP contribution in [0.4, 0.5) is 0 Å². The van der Waals surface area contributed by atoms with Gasteiger partial charge in [0.05, 0.1) is 22.8 Å². The van der Waals surface area contributed by atoms with Crippen LogP contribution >= 0.6 is 23.2 Å². The van der Waals surface area contributed by atoms with Crippen LogP contribution in [0.15, 0.2) is 58.7 Å². The maximum absolute atomic E-state index is 12.5. The van der Waals surface area contributed by atoms with Gasteiger partial charge in [-0.25, -0.2) is 14.5 Å². The Morgan fingerprint density at radius 3 is 2.77 bits per heavy atom. The fourth-order valence-electron chi connectivity index (χ4n) is 3.72. The van der Waals surface area contributed by atoms with Crippen LogP contribution < -0.4 is 4.74 Å². The third kappa shape index (κ3) is 2.89. The van der Waals surface area contributed by atoms with Gasteiger partial charge >= 0.3 is 0 Å². The molecular formula is C21H14Cl2N4O3. The first kappa shape index (κ1) is 18.8. The number of rotatable bonds is 3. The molecule has 0 spiro atoms. The summed E-state index contributed by atoms with van der Waals surface area (Å²) in [5.41, 5.74) is 2.21. The number of nitrogens with zero attached hydrogens (tertiary/aromatic N) is 4. The van der Waals surface area contributed by atoms with Crippen LogP contribution in [0.25, 0.3) is 17.0 Å². The zero-order valence-electron chi connectivity index (χ0n) is 15.9. The summed E-state index contributed by atoms with van der Waals surface area (Å²) in [6, 6.07) is 8.69. The molecule has 3 aromatic heterocycles. The number of allylic oxidation sites excluding steroid dienone is 2. The minimum absolute atomic E-state index is 0.123. The number of ether oxygens (including phenoxy) is 1. The average molecular weight is 441 g/mol. The summed E-state index contributed by atoms with van der Waals surface area (Å²) in [7, 11) is 0. The molecule has 0 saturated carbocycles. The maximum atomic E-state index is 12.5. The quantitative estimate of drug-likeness (QED) is 0.441. The molecule has 7 nitrogen and oxygen atoms in total. The zero-order valence-corrected chi connectivity index (χ0v) is 17.4. The van der Waals surface area contributed by atoms with E-state index in [0.717, 1.165) is 0 Å². The summed E-state index contributed by atoms with van der Waals surface area (Å²) in [5.74, 6) is 1.19. The van der Waals surface area contributed by atoms with Gasteiger partial charge in [0.25, 0.3) is 0 Å². The van der Waals surface area contributed by atoms with E-state index in [1.165, 1.54) is 17.8 Å². The lowest BCUT2D eigenvalue weighted by molar-refractivity contribution is -0.114. The second kappa shape index (κ2) is 6.97. The lowest BCUT2D eigenvalue weighted by atomic mass is 9.85. The summed E-state index contributed by atoms with van der Waals surface area (Å²) in [5, 5.41) is 5.46. The summed E-state index contributed by atoms with van der Waals surface area (Å²) in [6.07, 6.45) is 3.08. The monoisotopic (exact) mass is 440 g/mol. The minimum atomic E-state index is -0.518. The Bertz CT molecular complexity index is 1340. The SMILES string of the molecule is CC(=O)C1=C(C)Oc2ncn3nc(-c4ccc(Cl)cc4Cl)nc3c2[C@@H]1c1ccco1. The molecule has 1 atom stereocenters. The summed E-state index contributed by atoms with van der Waals surface area (Å²) < 4.78 is 13.1. The number of ketones is 1. The van der Waals surface area contributed by atoms with Crippen molar-refractivity contribution in [3.63, 3.8) is 0 Å². The number of furan rings is 1. The first-order valence-electron chi connectivity index (χ1n) is 9.07. The maximum Gasteiger partial charge on any atom is 0.228 e. The highest BCUT2D eigenvalue weighted by Gasteiger charge is 2.37. The number of aromatic nitrogens is 4. The summed E-state index contributed by atoms with van der Waals surface area (Å²) >= 11 is 12.4. The largest absolute Gasteiger partial charge is 0.468 e. The van der Waals surface area contributed by atoms with E-state index in [4.69, 9.17) is 37.3 Å². The molecule has 4 heterocycles. The Hall–Kier alpha value is -3.16. The van der Waals surface area contributed by atoms with E-state index in [1.54, 1.807) is 37.5 Å². The molecule has 0 aliphatic carbocycles. The Morgan fingerprint density at radius 1 is 1.23 bits per heavy atom. The van der Waals surface area contributed by atoms with Crippen LogP contribution in [-0.2, 0) is 4.79 Å². The molecule has 0 radical (unpaired) electrons. The summed E-state index contributed by atoms with van der Waals surface area (Å²) in [4.78, 5) is 21.6. The van der Waals surface area contributed by atoms with Crippen molar-refractivity contribution < 1.29 is 13.9 Å². The van der Waals surface area contributed by atoms with Crippen molar-refractivity contribution >= 4 is 34.6 Å². The normalized spacial score (nSPS) is 15.9. The van der Waals surface area contributed by atoms with Crippen LogP contribution in [0.3, 0.4) is 0 Å². The Kier molecular flexibility index (Phi) is 4.38. The van der Waals surface area contributed by atoms with Gasteiger partial charge in [-0.3, -0.25) is 4.79 Å². The highest BCUT2D eigenvalue weighted by molar-refractivity contribution is 6.36. The standard InChI is InChI=1S/C21H14Cl2N4O3/c1-10(28)16-11(2)30-21-18(17(16)15-4-3-7-29-15)20-25-19(26-27(20)9-24-21)13-6-5-12(22)8-14(13)23/h3-9,17H,1-2H3/t17-/m1/s1. The molecule has 1 aliphatic heterocycles. The molecule has 0 fully saturated rings. The Labute approximate surface area is 180 Å². The van der Waals surface area contributed by atoms with Crippen LogP contribution in [0.2, 0.25) is 10.0 Å². The van der Waals surface area contributed by atoms with E-state index in [9.17, 15) is 4.79 Å². The van der Waals surface area contributed by atoms with Crippen LogP contribution in [0.5, 0.6) is 5.88 Å². The first-order chi connectivity index (χ1) is 14.4. The van der Waals surface area contributed by atoms with Crippen molar-refractivity contribution in [2.45, 2.75) is 19.8 Å². The number of Topliss-reactive ketones (excluding diaryl/α,β-unsaturated/α-hetero) is 1. The molecule has 0 amide bonds. The van der Waals surface area contributed by atoms with Crippen molar-refractivity contribution in [2.24, 2.45) is 0 Å². The van der Waals surface area contributed by atoms with Gasteiger partial charge in [0.1, 0.15) is 17.8 Å². The van der Waals surface area contributed by atoms with Crippen LogP contribution in [0, 0.1) is 0 Å². The Balaban J connectivity index is 1.77. The first-order valence-corrected chi connectivity index (χ1v) is 9.83. The number of carbonyl (C=O) groups is 1. The number of carbonyl (C=O) groups excluding carboxylic acids is 1. The van der Waals surface area contributed by atoms with Gasteiger partial charge in [0.2, 0.25) is 5.88 Å². The molecule has 150 valence electrons. The number of fused-ring (bicyclic) bond motifs is 3. The van der Waals surface area contributed by atoms with Gasteiger partial charge in [0, 0.05) is 16.2 Å². The van der Waals surface area contributed by atoms with Crippen molar-refractivity contribution in [1.29, 1.82) is 0 Å². The van der Waals surface area contributed by atoms with Gasteiger partial charge in [-0.15, -0.1) is 5.10 Å². The van der Waals surface area contributed by atoms with Crippen LogP contribution in [-0.4, -0.2) is 25.4 Å². The molecule has 0 bridgehead atoms. The molecule has 0 N–H and O–H groups in total. The minimum Gasteiger partial charge on any atom is -0.468 e. The highest BCUT2D eigenvalue weighted by atomic mass is 35.5. The van der Waals surface area contributed by atoms with E-state index in [0.29, 0.717) is 55.6 Å². The average Bonchev–Trinajstić information content (AvgIpc) is 3.36. The fraction of sp³-hybridized carbons (Fsp3) is 0.143.